The van der Waals surface area contributed by atoms with Crippen molar-refractivity contribution in [1.82, 2.24) is 4.90 Å². The number of hydrogen-bond acceptors (Lipinski definition) is 5. The Morgan fingerprint density at radius 3 is 2.38 bits per heavy atom. The SMILES string of the molecule is COc1ccc(CN(C)C(=O)CCC(=O)N(CCC#N)c2ccccc2)cc1OC(F)F. The van der Waals surface area contributed by atoms with E-state index in [1.54, 1.807) is 37.4 Å². The third-order valence-electron chi connectivity index (χ3n) is 4.66. The van der Waals surface area contributed by atoms with Crippen molar-refractivity contribution < 1.29 is 27.8 Å². The summed E-state index contributed by atoms with van der Waals surface area (Å²) in [7, 11) is 2.91. The maximum absolute atomic E-state index is 12.7. The molecule has 0 saturated carbocycles. The monoisotopic (exact) mass is 445 g/mol. The van der Waals surface area contributed by atoms with Crippen LogP contribution in [0.1, 0.15) is 24.8 Å². The van der Waals surface area contributed by atoms with Crippen LogP contribution in [0.4, 0.5) is 14.5 Å². The molecule has 2 aromatic rings. The number of benzene rings is 2. The van der Waals surface area contributed by atoms with Gasteiger partial charge in [0.2, 0.25) is 11.8 Å². The second-order valence-corrected chi connectivity index (χ2v) is 6.90. The van der Waals surface area contributed by atoms with E-state index in [1.807, 2.05) is 12.1 Å². The lowest BCUT2D eigenvalue weighted by molar-refractivity contribution is -0.132. The molecule has 0 aromatic heterocycles. The first-order valence-corrected chi connectivity index (χ1v) is 9.93. The highest BCUT2D eigenvalue weighted by Crippen LogP contribution is 2.30. The van der Waals surface area contributed by atoms with Gasteiger partial charge in [-0.1, -0.05) is 24.3 Å². The number of para-hydroxylation sites is 1. The molecule has 0 aliphatic carbocycles. The zero-order valence-corrected chi connectivity index (χ0v) is 18.0. The van der Waals surface area contributed by atoms with E-state index in [-0.39, 0.29) is 55.7 Å². The quantitative estimate of drug-likeness (QED) is 0.523. The lowest BCUT2D eigenvalue weighted by atomic mass is 10.1. The van der Waals surface area contributed by atoms with Gasteiger partial charge in [0, 0.05) is 38.7 Å². The first-order chi connectivity index (χ1) is 15.3. The molecule has 0 atom stereocenters. The van der Waals surface area contributed by atoms with E-state index < -0.39 is 6.61 Å². The first kappa shape index (κ1) is 24.6. The Labute approximate surface area is 185 Å². The van der Waals surface area contributed by atoms with Crippen molar-refractivity contribution in [3.63, 3.8) is 0 Å². The fraction of sp³-hybridized carbons (Fsp3) is 0.348. The van der Waals surface area contributed by atoms with Crippen molar-refractivity contribution in [2.45, 2.75) is 32.4 Å². The molecule has 2 aromatic carbocycles. The van der Waals surface area contributed by atoms with Crippen LogP contribution in [0.15, 0.2) is 48.5 Å². The Kier molecular flexibility index (Phi) is 9.42. The van der Waals surface area contributed by atoms with Gasteiger partial charge in [-0.25, -0.2) is 0 Å². The molecule has 0 radical (unpaired) electrons. The number of nitriles is 1. The van der Waals surface area contributed by atoms with E-state index in [0.29, 0.717) is 11.3 Å². The number of ether oxygens (including phenoxy) is 2. The van der Waals surface area contributed by atoms with Crippen molar-refractivity contribution in [1.29, 1.82) is 5.26 Å². The van der Waals surface area contributed by atoms with Crippen LogP contribution in [0.2, 0.25) is 0 Å². The summed E-state index contributed by atoms with van der Waals surface area (Å²) in [4.78, 5) is 28.1. The van der Waals surface area contributed by atoms with Crippen LogP contribution in [0, 0.1) is 11.3 Å². The Bertz CT molecular complexity index is 948. The van der Waals surface area contributed by atoms with Gasteiger partial charge in [-0.05, 0) is 29.8 Å². The highest BCUT2D eigenvalue weighted by Gasteiger charge is 2.19. The number of carbonyl (C=O) groups excluding carboxylic acids is 2. The summed E-state index contributed by atoms with van der Waals surface area (Å²) < 4.78 is 34.7. The zero-order chi connectivity index (χ0) is 23.5. The van der Waals surface area contributed by atoms with Gasteiger partial charge in [0.1, 0.15) is 0 Å². The van der Waals surface area contributed by atoms with Crippen LogP contribution in [-0.4, -0.2) is 44.0 Å². The Morgan fingerprint density at radius 2 is 1.75 bits per heavy atom. The predicted molar refractivity (Wildman–Crippen MR) is 114 cm³/mol. The number of alkyl halides is 2. The van der Waals surface area contributed by atoms with Gasteiger partial charge in [-0.2, -0.15) is 14.0 Å². The average Bonchev–Trinajstić information content (AvgIpc) is 2.78. The summed E-state index contributed by atoms with van der Waals surface area (Å²) in [5.41, 5.74) is 1.24. The van der Waals surface area contributed by atoms with Crippen molar-refractivity contribution >= 4 is 17.5 Å². The molecule has 170 valence electrons. The van der Waals surface area contributed by atoms with Gasteiger partial charge >= 0.3 is 6.61 Å². The molecular formula is C23H25F2N3O4. The summed E-state index contributed by atoms with van der Waals surface area (Å²) in [6.07, 6.45) is 0.128. The van der Waals surface area contributed by atoms with Gasteiger partial charge in [0.25, 0.3) is 0 Å². The van der Waals surface area contributed by atoms with Crippen LogP contribution in [0.5, 0.6) is 11.5 Å². The maximum Gasteiger partial charge on any atom is 0.387 e. The molecule has 7 nitrogen and oxygen atoms in total. The summed E-state index contributed by atoms with van der Waals surface area (Å²) in [6.45, 7) is -2.62. The van der Waals surface area contributed by atoms with Crippen LogP contribution >= 0.6 is 0 Å². The Morgan fingerprint density at radius 1 is 1.06 bits per heavy atom. The van der Waals surface area contributed by atoms with E-state index in [9.17, 15) is 18.4 Å². The molecule has 2 rings (SSSR count). The lowest BCUT2D eigenvalue weighted by Crippen LogP contribution is -2.33. The number of hydrogen-bond donors (Lipinski definition) is 0. The minimum atomic E-state index is -3.00. The minimum Gasteiger partial charge on any atom is -0.493 e. The maximum atomic E-state index is 12.7. The first-order valence-electron chi connectivity index (χ1n) is 9.93. The second-order valence-electron chi connectivity index (χ2n) is 6.90. The Balaban J connectivity index is 1.98. The van der Waals surface area contributed by atoms with Crippen LogP contribution in [0.3, 0.4) is 0 Å². The van der Waals surface area contributed by atoms with Gasteiger partial charge in [0.15, 0.2) is 11.5 Å². The Hall–Kier alpha value is -3.67. The molecule has 0 fully saturated rings. The molecule has 0 unspecified atom stereocenters. The standard InChI is InChI=1S/C23H25F2N3O4/c1-27(16-17-9-10-19(31-2)20(15-17)32-23(24)25)21(29)11-12-22(30)28(14-6-13-26)18-7-4-3-5-8-18/h3-5,7-10,15,23H,6,11-12,14,16H2,1-2H3. The van der Waals surface area contributed by atoms with Crippen LogP contribution in [-0.2, 0) is 16.1 Å². The van der Waals surface area contributed by atoms with Crippen molar-refractivity contribution in [3.05, 3.63) is 54.1 Å². The predicted octanol–water partition coefficient (Wildman–Crippen LogP) is 3.98. The number of carbonyl (C=O) groups is 2. The summed E-state index contributed by atoms with van der Waals surface area (Å²) in [6, 6.07) is 15.5. The molecule has 0 aliphatic heterocycles. The van der Waals surface area contributed by atoms with E-state index in [0.717, 1.165) is 0 Å². The smallest absolute Gasteiger partial charge is 0.387 e. The van der Waals surface area contributed by atoms with E-state index in [1.165, 1.54) is 29.0 Å². The third kappa shape index (κ3) is 7.23. The number of amides is 2. The fourth-order valence-corrected chi connectivity index (χ4v) is 3.08. The highest BCUT2D eigenvalue weighted by molar-refractivity contribution is 5.95. The molecule has 0 N–H and O–H groups in total. The van der Waals surface area contributed by atoms with Crippen molar-refractivity contribution in [3.8, 4) is 17.6 Å². The van der Waals surface area contributed by atoms with Gasteiger partial charge in [-0.3, -0.25) is 9.59 Å². The minimum absolute atomic E-state index is 0.0220. The fourth-order valence-electron chi connectivity index (χ4n) is 3.08. The average molecular weight is 445 g/mol. The normalized spacial score (nSPS) is 10.4. The largest absolute Gasteiger partial charge is 0.493 e. The van der Waals surface area contributed by atoms with E-state index in [2.05, 4.69) is 4.74 Å². The van der Waals surface area contributed by atoms with Crippen molar-refractivity contribution in [2.75, 3.05) is 25.6 Å². The number of nitrogens with zero attached hydrogens (tertiary/aromatic N) is 3. The molecule has 0 saturated heterocycles. The molecule has 0 aliphatic rings. The summed E-state index contributed by atoms with van der Waals surface area (Å²) in [5, 5.41) is 8.87. The molecule has 0 bridgehead atoms. The number of halogens is 2. The molecule has 2 amide bonds. The number of methoxy groups -OCH3 is 1. The number of rotatable bonds is 11. The molecule has 0 heterocycles. The topological polar surface area (TPSA) is 82.9 Å². The van der Waals surface area contributed by atoms with Crippen LogP contribution < -0.4 is 14.4 Å². The molecule has 0 spiro atoms. The molecule has 32 heavy (non-hydrogen) atoms. The van der Waals surface area contributed by atoms with E-state index >= 15 is 0 Å². The molecular weight excluding hydrogens is 420 g/mol. The van der Waals surface area contributed by atoms with Gasteiger partial charge < -0.3 is 19.3 Å². The van der Waals surface area contributed by atoms with Crippen molar-refractivity contribution in [2.24, 2.45) is 0 Å². The van der Waals surface area contributed by atoms with Gasteiger partial charge in [-0.15, -0.1) is 0 Å². The van der Waals surface area contributed by atoms with Gasteiger partial charge in [0.05, 0.1) is 19.6 Å². The summed E-state index contributed by atoms with van der Waals surface area (Å²) >= 11 is 0. The van der Waals surface area contributed by atoms with Crippen LogP contribution in [0.25, 0.3) is 0 Å². The lowest BCUT2D eigenvalue weighted by Gasteiger charge is -2.23. The second kappa shape index (κ2) is 12.2. The highest BCUT2D eigenvalue weighted by atomic mass is 19.3. The number of anilines is 1. The third-order valence-corrected chi connectivity index (χ3v) is 4.66. The molecule has 9 heteroatoms. The van der Waals surface area contributed by atoms with E-state index in [4.69, 9.17) is 10.00 Å². The zero-order valence-electron chi connectivity index (χ0n) is 18.0. The summed E-state index contributed by atoms with van der Waals surface area (Å²) in [5.74, 6) is -0.497.